The van der Waals surface area contributed by atoms with Gasteiger partial charge in [-0.05, 0) is 60.4 Å². The molecule has 0 fully saturated rings. The van der Waals surface area contributed by atoms with Gasteiger partial charge in [0.15, 0.2) is 10.9 Å². The van der Waals surface area contributed by atoms with E-state index in [0.29, 0.717) is 6.54 Å². The summed E-state index contributed by atoms with van der Waals surface area (Å²) < 4.78 is 6.76. The van der Waals surface area contributed by atoms with E-state index in [1.165, 1.54) is 16.5 Å². The molecule has 5 heterocycles. The number of nitrogens with zero attached hydrogens (tertiary/aromatic N) is 4. The number of furan rings is 1. The standard InChI is InChI=1S/C23H19N5OS2/c1-30-23-27-19-17-14-6-2-7-15(14)18(16-8-4-10-29-16)26-22(17)31-20(19)21(28-23)25-12-13-5-3-9-24-11-13/h3-5,8-11H,2,6-7,12H2,1H3,(H,25,27,28). The van der Waals surface area contributed by atoms with E-state index in [1.807, 2.05) is 30.7 Å². The molecule has 0 radical (unpaired) electrons. The van der Waals surface area contributed by atoms with Crippen molar-refractivity contribution >= 4 is 49.3 Å². The Kier molecular flexibility index (Phi) is 4.61. The van der Waals surface area contributed by atoms with Gasteiger partial charge < -0.3 is 9.73 Å². The molecule has 0 aromatic carbocycles. The first-order valence-corrected chi connectivity index (χ1v) is 12.2. The maximum Gasteiger partial charge on any atom is 0.189 e. The lowest BCUT2D eigenvalue weighted by atomic mass is 10.0. The zero-order valence-corrected chi connectivity index (χ0v) is 18.5. The van der Waals surface area contributed by atoms with Crippen LogP contribution in [0.15, 0.2) is 52.5 Å². The van der Waals surface area contributed by atoms with Gasteiger partial charge in [-0.1, -0.05) is 17.8 Å². The van der Waals surface area contributed by atoms with Crippen LogP contribution < -0.4 is 5.32 Å². The predicted octanol–water partition coefficient (Wildman–Crippen LogP) is 5.72. The molecule has 31 heavy (non-hydrogen) atoms. The fourth-order valence-corrected chi connectivity index (χ4v) is 5.74. The summed E-state index contributed by atoms with van der Waals surface area (Å²) in [6.45, 7) is 0.658. The highest BCUT2D eigenvalue weighted by Gasteiger charge is 2.26. The number of thiophene rings is 1. The highest BCUT2D eigenvalue weighted by Crippen LogP contribution is 2.44. The molecular formula is C23H19N5OS2. The van der Waals surface area contributed by atoms with Crippen molar-refractivity contribution < 1.29 is 4.42 Å². The van der Waals surface area contributed by atoms with Crippen LogP contribution >= 0.6 is 23.1 Å². The fraction of sp³-hybridized carbons (Fsp3) is 0.217. The molecule has 5 aromatic heterocycles. The Morgan fingerprint density at radius 3 is 2.87 bits per heavy atom. The lowest BCUT2D eigenvalue weighted by molar-refractivity contribution is 0.579. The van der Waals surface area contributed by atoms with Crippen molar-refractivity contribution in [3.63, 3.8) is 0 Å². The summed E-state index contributed by atoms with van der Waals surface area (Å²) in [5.41, 5.74) is 5.76. The molecule has 0 saturated heterocycles. The number of aromatic nitrogens is 4. The average Bonchev–Trinajstić information content (AvgIpc) is 3.56. The van der Waals surface area contributed by atoms with E-state index in [9.17, 15) is 0 Å². The van der Waals surface area contributed by atoms with Gasteiger partial charge in [0.2, 0.25) is 0 Å². The second kappa shape index (κ2) is 7.62. The van der Waals surface area contributed by atoms with Crippen LogP contribution in [0, 0.1) is 0 Å². The van der Waals surface area contributed by atoms with Crippen molar-refractivity contribution in [1.29, 1.82) is 0 Å². The van der Waals surface area contributed by atoms with Gasteiger partial charge in [-0.3, -0.25) is 4.98 Å². The molecule has 154 valence electrons. The lowest BCUT2D eigenvalue weighted by Gasteiger charge is -2.09. The predicted molar refractivity (Wildman–Crippen MR) is 126 cm³/mol. The minimum atomic E-state index is 0.658. The molecule has 5 aromatic rings. The van der Waals surface area contributed by atoms with Gasteiger partial charge in [-0.15, -0.1) is 11.3 Å². The Labute approximate surface area is 187 Å². The quantitative estimate of drug-likeness (QED) is 0.274. The van der Waals surface area contributed by atoms with Crippen LogP contribution in [0.4, 0.5) is 5.82 Å². The number of hydrogen-bond donors (Lipinski definition) is 1. The molecule has 1 N–H and O–H groups in total. The summed E-state index contributed by atoms with van der Waals surface area (Å²) in [7, 11) is 0. The molecule has 6 nitrogen and oxygen atoms in total. The SMILES string of the molecule is CSc1nc(NCc2cccnc2)c2sc3nc(-c4ccco4)c4c(c3c2n1)CCC4. The van der Waals surface area contributed by atoms with Crippen molar-refractivity contribution in [2.45, 2.75) is 31.0 Å². The summed E-state index contributed by atoms with van der Waals surface area (Å²) in [5.74, 6) is 1.69. The zero-order valence-electron chi connectivity index (χ0n) is 16.9. The van der Waals surface area contributed by atoms with Crippen molar-refractivity contribution in [2.75, 3.05) is 11.6 Å². The van der Waals surface area contributed by atoms with E-state index in [2.05, 4.69) is 16.4 Å². The number of hydrogen-bond acceptors (Lipinski definition) is 8. The number of nitrogens with one attached hydrogen (secondary N) is 1. The Hall–Kier alpha value is -2.97. The molecule has 6 rings (SSSR count). The summed E-state index contributed by atoms with van der Waals surface area (Å²) in [6.07, 6.45) is 10.6. The molecule has 0 spiro atoms. The highest BCUT2D eigenvalue weighted by atomic mass is 32.2. The van der Waals surface area contributed by atoms with E-state index in [4.69, 9.17) is 19.4 Å². The smallest absolute Gasteiger partial charge is 0.189 e. The number of fused-ring (bicyclic) bond motifs is 5. The van der Waals surface area contributed by atoms with Crippen LogP contribution in [-0.2, 0) is 19.4 Å². The highest BCUT2D eigenvalue weighted by molar-refractivity contribution is 7.98. The van der Waals surface area contributed by atoms with E-state index in [0.717, 1.165) is 62.3 Å². The molecule has 0 unspecified atom stereocenters. The number of thioether (sulfide) groups is 1. The third-order valence-electron chi connectivity index (χ3n) is 5.63. The van der Waals surface area contributed by atoms with Gasteiger partial charge in [0, 0.05) is 24.3 Å². The van der Waals surface area contributed by atoms with E-state index < -0.39 is 0 Å². The molecule has 0 saturated carbocycles. The summed E-state index contributed by atoms with van der Waals surface area (Å²) in [5, 5.41) is 5.46. The average molecular weight is 446 g/mol. The Bertz CT molecular complexity index is 1400. The van der Waals surface area contributed by atoms with Crippen molar-refractivity contribution in [1.82, 2.24) is 19.9 Å². The third kappa shape index (κ3) is 3.18. The summed E-state index contributed by atoms with van der Waals surface area (Å²) in [6, 6.07) is 7.92. The van der Waals surface area contributed by atoms with Crippen LogP contribution in [0.2, 0.25) is 0 Å². The Morgan fingerprint density at radius 1 is 1.13 bits per heavy atom. The lowest BCUT2D eigenvalue weighted by Crippen LogP contribution is -2.03. The van der Waals surface area contributed by atoms with Crippen LogP contribution in [0.1, 0.15) is 23.1 Å². The monoisotopic (exact) mass is 445 g/mol. The molecule has 0 amide bonds. The van der Waals surface area contributed by atoms with Gasteiger partial charge in [0.25, 0.3) is 0 Å². The number of pyridine rings is 2. The second-order valence-corrected chi connectivity index (χ2v) is 9.25. The second-order valence-electron chi connectivity index (χ2n) is 7.48. The molecule has 1 aliphatic rings. The van der Waals surface area contributed by atoms with Crippen LogP contribution in [0.5, 0.6) is 0 Å². The van der Waals surface area contributed by atoms with Crippen molar-refractivity contribution in [2.24, 2.45) is 0 Å². The van der Waals surface area contributed by atoms with Crippen LogP contribution in [-0.4, -0.2) is 26.2 Å². The van der Waals surface area contributed by atoms with Gasteiger partial charge in [0.1, 0.15) is 16.3 Å². The largest absolute Gasteiger partial charge is 0.463 e. The van der Waals surface area contributed by atoms with Crippen LogP contribution in [0.3, 0.4) is 0 Å². The van der Waals surface area contributed by atoms with Gasteiger partial charge in [-0.2, -0.15) is 0 Å². The molecule has 0 aliphatic heterocycles. The first kappa shape index (κ1) is 18.8. The topological polar surface area (TPSA) is 76.7 Å². The Morgan fingerprint density at radius 2 is 2.06 bits per heavy atom. The first-order valence-electron chi connectivity index (χ1n) is 10.2. The number of aryl methyl sites for hydroxylation is 1. The normalized spacial score (nSPS) is 13.2. The zero-order chi connectivity index (χ0) is 20.8. The first-order chi connectivity index (χ1) is 15.3. The van der Waals surface area contributed by atoms with Gasteiger partial charge >= 0.3 is 0 Å². The number of rotatable bonds is 5. The molecular weight excluding hydrogens is 426 g/mol. The summed E-state index contributed by atoms with van der Waals surface area (Å²) >= 11 is 3.22. The molecule has 8 heteroatoms. The van der Waals surface area contributed by atoms with Gasteiger partial charge in [0.05, 0.1) is 16.5 Å². The van der Waals surface area contributed by atoms with E-state index >= 15 is 0 Å². The van der Waals surface area contributed by atoms with E-state index in [-0.39, 0.29) is 0 Å². The number of anilines is 1. The molecule has 1 aliphatic carbocycles. The minimum absolute atomic E-state index is 0.658. The fourth-order valence-electron chi connectivity index (χ4n) is 4.26. The maximum absolute atomic E-state index is 5.71. The van der Waals surface area contributed by atoms with Crippen molar-refractivity contribution in [3.05, 3.63) is 59.6 Å². The molecule has 0 atom stereocenters. The van der Waals surface area contributed by atoms with Crippen molar-refractivity contribution in [3.8, 4) is 11.5 Å². The van der Waals surface area contributed by atoms with E-state index in [1.54, 1.807) is 35.6 Å². The van der Waals surface area contributed by atoms with Gasteiger partial charge in [-0.25, -0.2) is 15.0 Å². The maximum atomic E-state index is 5.71. The van der Waals surface area contributed by atoms with Crippen LogP contribution in [0.25, 0.3) is 31.9 Å². The summed E-state index contributed by atoms with van der Waals surface area (Å²) in [4.78, 5) is 20.0. The minimum Gasteiger partial charge on any atom is -0.463 e. The Balaban J connectivity index is 1.55. The third-order valence-corrected chi connectivity index (χ3v) is 7.26. The molecule has 0 bridgehead atoms.